The van der Waals surface area contributed by atoms with Gasteiger partial charge >= 0.3 is 0 Å². The number of hydrogen-bond acceptors (Lipinski definition) is 5. The third-order valence-electron chi connectivity index (χ3n) is 2.01. The van der Waals surface area contributed by atoms with E-state index in [0.29, 0.717) is 42.6 Å². The predicted octanol–water partition coefficient (Wildman–Crippen LogP) is 1.89. The highest BCUT2D eigenvalue weighted by Gasteiger charge is 2.05. The summed E-state index contributed by atoms with van der Waals surface area (Å²) < 4.78 is 15.9. The van der Waals surface area contributed by atoms with Crippen LogP contribution in [0.25, 0.3) is 0 Å². The van der Waals surface area contributed by atoms with Gasteiger partial charge in [0, 0.05) is 11.8 Å². The molecular weight excluding hydrogens is 238 g/mol. The largest absolute Gasteiger partial charge is 0.493 e. The monoisotopic (exact) mass is 253 g/mol. The maximum atomic E-state index is 8.75. The molecule has 1 aromatic rings. The summed E-state index contributed by atoms with van der Waals surface area (Å²) >= 11 is 4.03. The summed E-state index contributed by atoms with van der Waals surface area (Å²) in [5.41, 5.74) is 0.542. The second kappa shape index (κ2) is 7.82. The van der Waals surface area contributed by atoms with E-state index in [1.807, 2.05) is 6.07 Å². The van der Waals surface area contributed by atoms with E-state index in [1.165, 1.54) is 0 Å². The standard InChI is InChI=1S/C12H15NO3S/c1-14-12-8-10(9-13)2-3-11(12)16-5-4-15-6-7-17/h2-3,8,17H,4-7H2,1H3. The number of thiol groups is 1. The Labute approximate surface area is 107 Å². The summed E-state index contributed by atoms with van der Waals surface area (Å²) in [7, 11) is 1.54. The third kappa shape index (κ3) is 4.55. The van der Waals surface area contributed by atoms with Crippen molar-refractivity contribution in [2.75, 3.05) is 32.7 Å². The highest BCUT2D eigenvalue weighted by molar-refractivity contribution is 7.80. The SMILES string of the molecule is COc1cc(C#N)ccc1OCCOCCS. The summed E-state index contributed by atoms with van der Waals surface area (Å²) in [4.78, 5) is 0. The molecule has 1 aromatic carbocycles. The Morgan fingerprint density at radius 1 is 1.24 bits per heavy atom. The lowest BCUT2D eigenvalue weighted by Crippen LogP contribution is -2.08. The molecule has 0 atom stereocenters. The van der Waals surface area contributed by atoms with E-state index in [9.17, 15) is 0 Å². The van der Waals surface area contributed by atoms with Gasteiger partial charge in [0.25, 0.3) is 0 Å². The molecule has 4 nitrogen and oxygen atoms in total. The Morgan fingerprint density at radius 3 is 2.71 bits per heavy atom. The van der Waals surface area contributed by atoms with Gasteiger partial charge in [0.2, 0.25) is 0 Å². The summed E-state index contributed by atoms with van der Waals surface area (Å²) in [6.45, 7) is 1.55. The molecule has 0 fully saturated rings. The van der Waals surface area contributed by atoms with Crippen molar-refractivity contribution in [1.29, 1.82) is 5.26 Å². The third-order valence-corrected chi connectivity index (χ3v) is 2.20. The lowest BCUT2D eigenvalue weighted by atomic mass is 10.2. The molecule has 92 valence electrons. The lowest BCUT2D eigenvalue weighted by Gasteiger charge is -2.10. The fraction of sp³-hybridized carbons (Fsp3) is 0.417. The molecule has 0 spiro atoms. The van der Waals surface area contributed by atoms with Gasteiger partial charge < -0.3 is 14.2 Å². The van der Waals surface area contributed by atoms with Crippen LogP contribution >= 0.6 is 12.6 Å². The van der Waals surface area contributed by atoms with Crippen LogP contribution in [0.1, 0.15) is 5.56 Å². The van der Waals surface area contributed by atoms with E-state index in [2.05, 4.69) is 12.6 Å². The van der Waals surface area contributed by atoms with Crippen LogP contribution in [0.5, 0.6) is 11.5 Å². The van der Waals surface area contributed by atoms with Gasteiger partial charge in [-0.25, -0.2) is 0 Å². The fourth-order valence-electron chi connectivity index (χ4n) is 1.23. The average Bonchev–Trinajstić information content (AvgIpc) is 2.38. The number of ether oxygens (including phenoxy) is 3. The van der Waals surface area contributed by atoms with Gasteiger partial charge in [0.1, 0.15) is 6.61 Å². The van der Waals surface area contributed by atoms with Crippen molar-refractivity contribution in [2.24, 2.45) is 0 Å². The molecule has 1 rings (SSSR count). The molecule has 0 aliphatic rings. The van der Waals surface area contributed by atoms with E-state index in [-0.39, 0.29) is 0 Å². The predicted molar refractivity (Wildman–Crippen MR) is 67.9 cm³/mol. The van der Waals surface area contributed by atoms with Gasteiger partial charge in [-0.1, -0.05) is 0 Å². The highest BCUT2D eigenvalue weighted by atomic mass is 32.1. The minimum Gasteiger partial charge on any atom is -0.493 e. The van der Waals surface area contributed by atoms with Crippen LogP contribution in [-0.2, 0) is 4.74 Å². The van der Waals surface area contributed by atoms with Crippen LogP contribution in [0, 0.1) is 11.3 Å². The van der Waals surface area contributed by atoms with Crippen molar-refractivity contribution < 1.29 is 14.2 Å². The first-order valence-electron chi connectivity index (χ1n) is 5.21. The molecule has 5 heteroatoms. The molecule has 0 aliphatic carbocycles. The fourth-order valence-corrected chi connectivity index (χ4v) is 1.36. The van der Waals surface area contributed by atoms with Gasteiger partial charge in [-0.15, -0.1) is 0 Å². The van der Waals surface area contributed by atoms with Gasteiger partial charge in [0.05, 0.1) is 32.0 Å². The number of methoxy groups -OCH3 is 1. The molecule has 0 saturated heterocycles. The molecule has 0 bridgehead atoms. The van der Waals surface area contributed by atoms with Gasteiger partial charge in [-0.3, -0.25) is 0 Å². The Hall–Kier alpha value is -1.38. The number of nitriles is 1. The molecule has 0 N–H and O–H groups in total. The van der Waals surface area contributed by atoms with E-state index < -0.39 is 0 Å². The van der Waals surface area contributed by atoms with Crippen molar-refractivity contribution in [3.63, 3.8) is 0 Å². The summed E-state index contributed by atoms with van der Waals surface area (Å²) in [6, 6.07) is 7.09. The Morgan fingerprint density at radius 2 is 2.06 bits per heavy atom. The topological polar surface area (TPSA) is 51.5 Å². The molecular formula is C12H15NO3S. The molecule has 0 unspecified atom stereocenters. The summed E-state index contributed by atoms with van der Waals surface area (Å²) in [5, 5.41) is 8.75. The van der Waals surface area contributed by atoms with Crippen molar-refractivity contribution in [2.45, 2.75) is 0 Å². The molecule has 17 heavy (non-hydrogen) atoms. The second-order valence-corrected chi connectivity index (χ2v) is 3.61. The Balaban J connectivity index is 2.50. The zero-order chi connectivity index (χ0) is 12.5. The van der Waals surface area contributed by atoms with Crippen LogP contribution in [-0.4, -0.2) is 32.7 Å². The molecule has 0 saturated carbocycles. The van der Waals surface area contributed by atoms with Gasteiger partial charge in [-0.2, -0.15) is 17.9 Å². The first kappa shape index (κ1) is 13.7. The molecule has 0 amide bonds. The number of hydrogen-bond donors (Lipinski definition) is 1. The van der Waals surface area contributed by atoms with Crippen molar-refractivity contribution in [3.05, 3.63) is 23.8 Å². The van der Waals surface area contributed by atoms with E-state index in [1.54, 1.807) is 25.3 Å². The second-order valence-electron chi connectivity index (χ2n) is 3.16. The number of rotatable bonds is 7. The van der Waals surface area contributed by atoms with Crippen LogP contribution in [0.15, 0.2) is 18.2 Å². The van der Waals surface area contributed by atoms with Crippen LogP contribution in [0.4, 0.5) is 0 Å². The van der Waals surface area contributed by atoms with Crippen LogP contribution in [0.3, 0.4) is 0 Å². The number of nitrogens with zero attached hydrogens (tertiary/aromatic N) is 1. The molecule has 0 heterocycles. The normalized spacial score (nSPS) is 9.71. The zero-order valence-corrected chi connectivity index (χ0v) is 10.6. The van der Waals surface area contributed by atoms with Crippen molar-refractivity contribution in [3.8, 4) is 17.6 Å². The number of benzene rings is 1. The van der Waals surface area contributed by atoms with Crippen molar-refractivity contribution >= 4 is 12.6 Å². The summed E-state index contributed by atoms with van der Waals surface area (Å²) in [5.74, 6) is 1.86. The van der Waals surface area contributed by atoms with Gasteiger partial charge in [-0.05, 0) is 12.1 Å². The summed E-state index contributed by atoms with van der Waals surface area (Å²) in [6.07, 6.45) is 0. The first-order valence-corrected chi connectivity index (χ1v) is 5.84. The van der Waals surface area contributed by atoms with Crippen molar-refractivity contribution in [1.82, 2.24) is 0 Å². The van der Waals surface area contributed by atoms with E-state index in [0.717, 1.165) is 0 Å². The maximum Gasteiger partial charge on any atom is 0.162 e. The quantitative estimate of drug-likeness (QED) is 0.595. The molecule has 0 aromatic heterocycles. The minimum atomic E-state index is 0.441. The average molecular weight is 253 g/mol. The highest BCUT2D eigenvalue weighted by Crippen LogP contribution is 2.27. The first-order chi connectivity index (χ1) is 8.31. The van der Waals surface area contributed by atoms with Crippen LogP contribution in [0.2, 0.25) is 0 Å². The van der Waals surface area contributed by atoms with E-state index >= 15 is 0 Å². The molecule has 0 radical (unpaired) electrons. The zero-order valence-electron chi connectivity index (χ0n) is 9.68. The van der Waals surface area contributed by atoms with Crippen LogP contribution < -0.4 is 9.47 Å². The maximum absolute atomic E-state index is 8.75. The molecule has 0 aliphatic heterocycles. The Kier molecular flexibility index (Phi) is 6.30. The minimum absolute atomic E-state index is 0.441. The van der Waals surface area contributed by atoms with Gasteiger partial charge in [0.15, 0.2) is 11.5 Å². The van der Waals surface area contributed by atoms with E-state index in [4.69, 9.17) is 19.5 Å². The Bertz CT molecular complexity index is 390. The smallest absolute Gasteiger partial charge is 0.162 e. The lowest BCUT2D eigenvalue weighted by molar-refractivity contribution is 0.111.